The third-order valence-electron chi connectivity index (χ3n) is 9.93. The molecule has 2 aliphatic carbocycles. The Balaban J connectivity index is 1.86. The van der Waals surface area contributed by atoms with E-state index in [0.29, 0.717) is 0 Å². The van der Waals surface area contributed by atoms with E-state index < -0.39 is 101 Å². The van der Waals surface area contributed by atoms with Gasteiger partial charge in [0.05, 0.1) is 22.6 Å². The highest BCUT2D eigenvalue weighted by Crippen LogP contribution is 2.68. The molecule has 2 saturated carbocycles. The molecule has 0 radical (unpaired) electrons. The zero-order chi connectivity index (χ0) is 36.6. The molecule has 3 fully saturated rings. The first-order valence-corrected chi connectivity index (χ1v) is 16.4. The first-order chi connectivity index (χ1) is 23.5. The summed E-state index contributed by atoms with van der Waals surface area (Å²) < 4.78 is 43.4. The van der Waals surface area contributed by atoms with Gasteiger partial charge in [-0.15, -0.1) is 0 Å². The Kier molecular flexibility index (Phi) is 10.1. The SMILES string of the molecule is CC(=O)O[C@@H]1[C@H]2[C@H](OC(C)=O)[C@@]3(OC2(C)C)[C@@H](C)C[C@H](OC(C)=O)[C@H](OC(C)=O)[C@@]3(COC(=O)c2ccccc2)[C@H]1OC(=O)c1ccccc1. The van der Waals surface area contributed by atoms with Crippen molar-refractivity contribution in [2.75, 3.05) is 6.61 Å². The smallest absolute Gasteiger partial charge is 0.338 e. The van der Waals surface area contributed by atoms with Crippen LogP contribution in [0.1, 0.15) is 75.6 Å². The van der Waals surface area contributed by atoms with Crippen LogP contribution in [0.15, 0.2) is 60.7 Å². The Morgan fingerprint density at radius 3 is 1.68 bits per heavy atom. The van der Waals surface area contributed by atoms with Crippen molar-refractivity contribution in [2.24, 2.45) is 17.3 Å². The molecule has 0 unspecified atom stereocenters. The molecule has 1 spiro atoms. The summed E-state index contributed by atoms with van der Waals surface area (Å²) in [5.41, 5.74) is -4.73. The van der Waals surface area contributed by atoms with E-state index in [4.69, 9.17) is 33.2 Å². The lowest BCUT2D eigenvalue weighted by Gasteiger charge is -2.64. The molecule has 268 valence electrons. The van der Waals surface area contributed by atoms with Gasteiger partial charge in [-0.25, -0.2) is 9.59 Å². The molecule has 13 nitrogen and oxygen atoms in total. The van der Waals surface area contributed by atoms with Gasteiger partial charge in [-0.2, -0.15) is 0 Å². The zero-order valence-electron chi connectivity index (χ0n) is 29.0. The second-order valence-electron chi connectivity index (χ2n) is 13.6. The van der Waals surface area contributed by atoms with Crippen LogP contribution in [-0.4, -0.2) is 84.1 Å². The third kappa shape index (κ3) is 6.34. The molecule has 1 heterocycles. The van der Waals surface area contributed by atoms with E-state index in [1.807, 2.05) is 0 Å². The van der Waals surface area contributed by atoms with E-state index in [2.05, 4.69) is 0 Å². The summed E-state index contributed by atoms with van der Waals surface area (Å²) in [7, 11) is 0. The topological polar surface area (TPSA) is 167 Å². The van der Waals surface area contributed by atoms with Crippen LogP contribution in [0, 0.1) is 17.3 Å². The highest BCUT2D eigenvalue weighted by atomic mass is 16.6. The second-order valence-corrected chi connectivity index (χ2v) is 13.6. The highest BCUT2D eigenvalue weighted by Gasteiger charge is 2.85. The number of rotatable bonds is 9. The molecule has 50 heavy (non-hydrogen) atoms. The van der Waals surface area contributed by atoms with Crippen molar-refractivity contribution < 1.29 is 61.9 Å². The van der Waals surface area contributed by atoms with Gasteiger partial charge in [-0.1, -0.05) is 43.3 Å². The van der Waals surface area contributed by atoms with Crippen molar-refractivity contribution in [1.82, 2.24) is 0 Å². The second kappa shape index (κ2) is 13.9. The molecule has 5 rings (SSSR count). The van der Waals surface area contributed by atoms with Crippen molar-refractivity contribution in [3.8, 4) is 0 Å². The van der Waals surface area contributed by atoms with Crippen molar-refractivity contribution in [1.29, 1.82) is 0 Å². The summed E-state index contributed by atoms with van der Waals surface area (Å²) in [6.45, 7) is 9.21. The largest absolute Gasteiger partial charge is 0.461 e. The lowest BCUT2D eigenvalue weighted by atomic mass is 9.47. The zero-order valence-corrected chi connectivity index (χ0v) is 29.0. The van der Waals surface area contributed by atoms with Crippen LogP contribution in [0.4, 0.5) is 0 Å². The van der Waals surface area contributed by atoms with Gasteiger partial charge in [0, 0.05) is 27.7 Å². The number of carbonyl (C=O) groups excluding carboxylic acids is 6. The molecular weight excluding hydrogens is 652 g/mol. The number of hydrogen-bond acceptors (Lipinski definition) is 13. The Hall–Kier alpha value is -4.78. The van der Waals surface area contributed by atoms with E-state index in [9.17, 15) is 28.8 Å². The Labute approximate surface area is 289 Å². The molecule has 13 heteroatoms. The van der Waals surface area contributed by atoms with E-state index in [1.54, 1.807) is 57.2 Å². The first-order valence-electron chi connectivity index (χ1n) is 16.4. The van der Waals surface area contributed by atoms with Crippen LogP contribution in [0.25, 0.3) is 0 Å². The van der Waals surface area contributed by atoms with E-state index >= 15 is 0 Å². The summed E-state index contributed by atoms with van der Waals surface area (Å²) >= 11 is 0. The van der Waals surface area contributed by atoms with Gasteiger partial charge in [-0.3, -0.25) is 19.2 Å². The molecule has 2 aromatic carbocycles. The predicted octanol–water partition coefficient (Wildman–Crippen LogP) is 4.00. The van der Waals surface area contributed by atoms with Gasteiger partial charge in [0.25, 0.3) is 0 Å². The quantitative estimate of drug-likeness (QED) is 0.273. The molecule has 1 aliphatic heterocycles. The summed E-state index contributed by atoms with van der Waals surface area (Å²) in [6, 6.07) is 16.1. The Morgan fingerprint density at radius 1 is 0.660 bits per heavy atom. The van der Waals surface area contributed by atoms with E-state index in [1.165, 1.54) is 45.0 Å². The van der Waals surface area contributed by atoms with Crippen LogP contribution >= 0.6 is 0 Å². The Morgan fingerprint density at radius 2 is 1.16 bits per heavy atom. The molecule has 2 aromatic rings. The Bertz CT molecular complexity index is 1640. The standard InChI is InChI=1S/C37H42O13/c1-20-18-27(45-21(2)38)30(47-23(4)40)36(19-44-33(42)25-14-10-8-11-15-25)32(49-34(43)26-16-12-9-13-17-26)29(46-22(3)39)28-31(48-24(5)41)37(20,36)50-35(28,6)7/h8-17,20,27-32H,18-19H2,1-7H3/t20-,27-,28-,29+,30-,31-,32-,36-,37-/m0/s1. The molecule has 0 N–H and O–H groups in total. The molecule has 0 amide bonds. The first kappa shape index (κ1) is 36.5. The van der Waals surface area contributed by atoms with Crippen LogP contribution in [-0.2, 0) is 52.3 Å². The minimum atomic E-state index is -2.03. The molecule has 0 aromatic heterocycles. The number of ether oxygens (including phenoxy) is 7. The van der Waals surface area contributed by atoms with E-state index in [0.717, 1.165) is 6.92 Å². The van der Waals surface area contributed by atoms with Crippen LogP contribution in [0.5, 0.6) is 0 Å². The molecule has 2 bridgehead atoms. The fraction of sp³-hybridized carbons (Fsp3) is 0.514. The monoisotopic (exact) mass is 694 g/mol. The van der Waals surface area contributed by atoms with Gasteiger partial charge in [0.2, 0.25) is 0 Å². The van der Waals surface area contributed by atoms with E-state index in [-0.39, 0.29) is 17.5 Å². The van der Waals surface area contributed by atoms with Gasteiger partial charge >= 0.3 is 35.8 Å². The van der Waals surface area contributed by atoms with Crippen molar-refractivity contribution in [2.45, 2.75) is 96.6 Å². The van der Waals surface area contributed by atoms with Crippen LogP contribution in [0.2, 0.25) is 0 Å². The number of carbonyl (C=O) groups is 6. The molecule has 9 atom stereocenters. The number of esters is 6. The number of hydrogen-bond donors (Lipinski definition) is 0. The fourth-order valence-electron chi connectivity index (χ4n) is 8.43. The number of fused-ring (bicyclic) bond motifs is 1. The van der Waals surface area contributed by atoms with Gasteiger partial charge in [-0.05, 0) is 50.5 Å². The van der Waals surface area contributed by atoms with Gasteiger partial charge in [0.15, 0.2) is 12.2 Å². The summed E-state index contributed by atoms with van der Waals surface area (Å²) in [6.07, 6.45) is -6.97. The van der Waals surface area contributed by atoms with Crippen molar-refractivity contribution >= 4 is 35.8 Å². The average molecular weight is 695 g/mol. The third-order valence-corrected chi connectivity index (χ3v) is 9.93. The van der Waals surface area contributed by atoms with Gasteiger partial charge < -0.3 is 33.2 Å². The van der Waals surface area contributed by atoms with Crippen LogP contribution in [0.3, 0.4) is 0 Å². The van der Waals surface area contributed by atoms with Crippen molar-refractivity contribution in [3.63, 3.8) is 0 Å². The minimum Gasteiger partial charge on any atom is -0.461 e. The maximum Gasteiger partial charge on any atom is 0.338 e. The molecule has 3 aliphatic rings. The lowest BCUT2D eigenvalue weighted by molar-refractivity contribution is -0.328. The maximum absolute atomic E-state index is 14.1. The summed E-state index contributed by atoms with van der Waals surface area (Å²) in [4.78, 5) is 79.2. The summed E-state index contributed by atoms with van der Waals surface area (Å²) in [5.74, 6) is -6.29. The normalized spacial score (nSPS) is 32.0. The van der Waals surface area contributed by atoms with Crippen LogP contribution < -0.4 is 0 Å². The fourth-order valence-corrected chi connectivity index (χ4v) is 8.43. The minimum absolute atomic E-state index is 0.0318. The lowest BCUT2D eigenvalue weighted by Crippen LogP contribution is -2.81. The van der Waals surface area contributed by atoms with Crippen molar-refractivity contribution in [3.05, 3.63) is 71.8 Å². The summed E-state index contributed by atoms with van der Waals surface area (Å²) in [5, 5.41) is 0. The average Bonchev–Trinajstić information content (AvgIpc) is 3.24. The number of benzene rings is 2. The molecular formula is C37H42O13. The highest BCUT2D eigenvalue weighted by molar-refractivity contribution is 5.90. The van der Waals surface area contributed by atoms with Gasteiger partial charge in [0.1, 0.15) is 35.9 Å². The maximum atomic E-state index is 14.1. The molecule has 1 saturated heterocycles. The predicted molar refractivity (Wildman–Crippen MR) is 172 cm³/mol.